The van der Waals surface area contributed by atoms with Crippen molar-refractivity contribution in [3.05, 3.63) is 57.5 Å². The number of aromatic nitrogens is 2. The van der Waals surface area contributed by atoms with Gasteiger partial charge in [-0.05, 0) is 30.5 Å². The van der Waals surface area contributed by atoms with Crippen molar-refractivity contribution < 1.29 is 9.53 Å². The monoisotopic (exact) mass is 246 g/mol. The predicted octanol–water partition coefficient (Wildman–Crippen LogP) is 1.27. The van der Waals surface area contributed by atoms with E-state index in [0.29, 0.717) is 5.56 Å². The molecule has 0 bridgehead atoms. The van der Waals surface area contributed by atoms with Gasteiger partial charge in [0.1, 0.15) is 0 Å². The number of H-pyrrole nitrogens is 2. The number of methoxy groups -OCH3 is 1. The van der Waals surface area contributed by atoms with Gasteiger partial charge in [0.2, 0.25) is 0 Å². The third-order valence-electron chi connectivity index (χ3n) is 2.71. The SMILES string of the molecule is COC(=O)c1ccc(CCc2cc(=O)[nH][nH]2)cc1. The molecule has 2 aromatic rings. The predicted molar refractivity (Wildman–Crippen MR) is 66.6 cm³/mol. The Balaban J connectivity index is 1.98. The van der Waals surface area contributed by atoms with Crippen LogP contribution in [0.5, 0.6) is 0 Å². The van der Waals surface area contributed by atoms with E-state index in [1.54, 1.807) is 18.2 Å². The van der Waals surface area contributed by atoms with Crippen molar-refractivity contribution in [2.75, 3.05) is 7.11 Å². The van der Waals surface area contributed by atoms with Gasteiger partial charge in [0.25, 0.3) is 5.56 Å². The third-order valence-corrected chi connectivity index (χ3v) is 2.71. The van der Waals surface area contributed by atoms with Crippen molar-refractivity contribution in [2.24, 2.45) is 0 Å². The molecule has 1 heterocycles. The standard InChI is InChI=1S/C13H14N2O3/c1-18-13(17)10-5-2-9(3-6-10)4-7-11-8-12(16)15-14-11/h2-3,5-6,8H,4,7H2,1H3,(H2,14,15,16). The first-order valence-corrected chi connectivity index (χ1v) is 5.63. The summed E-state index contributed by atoms with van der Waals surface area (Å²) in [6, 6.07) is 8.79. The van der Waals surface area contributed by atoms with Crippen LogP contribution in [-0.2, 0) is 17.6 Å². The molecule has 94 valence electrons. The summed E-state index contributed by atoms with van der Waals surface area (Å²) >= 11 is 0. The Morgan fingerprint density at radius 1 is 1.17 bits per heavy atom. The van der Waals surface area contributed by atoms with E-state index in [-0.39, 0.29) is 11.5 Å². The number of benzene rings is 1. The fraction of sp³-hybridized carbons (Fsp3) is 0.231. The molecule has 1 aromatic heterocycles. The number of carbonyl (C=O) groups excluding carboxylic acids is 1. The number of hydrogen-bond donors (Lipinski definition) is 2. The van der Waals surface area contributed by atoms with Crippen molar-refractivity contribution in [1.29, 1.82) is 0 Å². The maximum atomic E-state index is 11.2. The van der Waals surface area contributed by atoms with Crippen LogP contribution in [0.1, 0.15) is 21.6 Å². The van der Waals surface area contributed by atoms with E-state index in [2.05, 4.69) is 14.9 Å². The highest BCUT2D eigenvalue weighted by atomic mass is 16.5. The molecule has 2 rings (SSSR count). The molecule has 0 aliphatic carbocycles. The van der Waals surface area contributed by atoms with Crippen LogP contribution < -0.4 is 5.56 Å². The van der Waals surface area contributed by atoms with Crippen LogP contribution in [-0.4, -0.2) is 23.3 Å². The summed E-state index contributed by atoms with van der Waals surface area (Å²) in [5, 5.41) is 5.30. The van der Waals surface area contributed by atoms with Crippen LogP contribution in [0.25, 0.3) is 0 Å². The van der Waals surface area contributed by atoms with Crippen molar-refractivity contribution in [1.82, 2.24) is 10.2 Å². The molecule has 18 heavy (non-hydrogen) atoms. The Hall–Kier alpha value is -2.30. The van der Waals surface area contributed by atoms with Crippen LogP contribution in [0.4, 0.5) is 0 Å². The van der Waals surface area contributed by atoms with Gasteiger partial charge in [0, 0.05) is 11.8 Å². The van der Waals surface area contributed by atoms with Crippen molar-refractivity contribution in [3.63, 3.8) is 0 Å². The van der Waals surface area contributed by atoms with E-state index in [1.807, 2.05) is 12.1 Å². The largest absolute Gasteiger partial charge is 0.465 e. The highest BCUT2D eigenvalue weighted by molar-refractivity contribution is 5.89. The van der Waals surface area contributed by atoms with Gasteiger partial charge in [-0.3, -0.25) is 9.89 Å². The molecule has 0 amide bonds. The van der Waals surface area contributed by atoms with Crippen molar-refractivity contribution >= 4 is 5.97 Å². The van der Waals surface area contributed by atoms with Gasteiger partial charge in [-0.2, -0.15) is 0 Å². The summed E-state index contributed by atoms with van der Waals surface area (Å²) in [5.41, 5.74) is 2.39. The second-order valence-corrected chi connectivity index (χ2v) is 3.97. The first kappa shape index (κ1) is 12.2. The molecule has 0 radical (unpaired) electrons. The van der Waals surface area contributed by atoms with Crippen LogP contribution in [0.15, 0.2) is 35.1 Å². The van der Waals surface area contributed by atoms with Gasteiger partial charge >= 0.3 is 5.97 Å². The van der Waals surface area contributed by atoms with E-state index in [0.717, 1.165) is 24.1 Å². The summed E-state index contributed by atoms with van der Waals surface area (Å²) < 4.78 is 4.63. The van der Waals surface area contributed by atoms with E-state index in [1.165, 1.54) is 7.11 Å². The topological polar surface area (TPSA) is 75.0 Å². The van der Waals surface area contributed by atoms with Crippen LogP contribution in [0.3, 0.4) is 0 Å². The van der Waals surface area contributed by atoms with Gasteiger partial charge in [0.05, 0.1) is 12.7 Å². The zero-order valence-electron chi connectivity index (χ0n) is 10.0. The molecule has 0 spiro atoms. The van der Waals surface area contributed by atoms with E-state index >= 15 is 0 Å². The molecular formula is C13H14N2O3. The molecule has 0 unspecified atom stereocenters. The molecular weight excluding hydrogens is 232 g/mol. The van der Waals surface area contributed by atoms with E-state index < -0.39 is 0 Å². The molecule has 0 aliphatic heterocycles. The Labute approximate surface area is 104 Å². The zero-order valence-corrected chi connectivity index (χ0v) is 10.0. The minimum atomic E-state index is -0.337. The fourth-order valence-corrected chi connectivity index (χ4v) is 1.71. The lowest BCUT2D eigenvalue weighted by Crippen LogP contribution is -2.01. The van der Waals surface area contributed by atoms with Gasteiger partial charge < -0.3 is 9.84 Å². The van der Waals surface area contributed by atoms with E-state index in [4.69, 9.17) is 0 Å². The number of hydrogen-bond acceptors (Lipinski definition) is 3. The maximum Gasteiger partial charge on any atom is 0.337 e. The molecule has 5 nitrogen and oxygen atoms in total. The maximum absolute atomic E-state index is 11.2. The quantitative estimate of drug-likeness (QED) is 0.798. The second-order valence-electron chi connectivity index (χ2n) is 3.97. The molecule has 5 heteroatoms. The smallest absolute Gasteiger partial charge is 0.337 e. The highest BCUT2D eigenvalue weighted by Gasteiger charge is 2.04. The summed E-state index contributed by atoms with van der Waals surface area (Å²) in [6.45, 7) is 0. The number of carbonyl (C=O) groups is 1. The van der Waals surface area contributed by atoms with Crippen LogP contribution >= 0.6 is 0 Å². The first-order valence-electron chi connectivity index (χ1n) is 5.63. The minimum absolute atomic E-state index is 0.119. The van der Waals surface area contributed by atoms with E-state index in [9.17, 15) is 9.59 Å². The molecule has 0 fully saturated rings. The van der Waals surface area contributed by atoms with Crippen LogP contribution in [0, 0.1) is 0 Å². The second kappa shape index (κ2) is 5.35. The number of esters is 1. The molecule has 0 aliphatic rings. The van der Waals surface area contributed by atoms with Gasteiger partial charge in [0.15, 0.2) is 0 Å². The lowest BCUT2D eigenvalue weighted by molar-refractivity contribution is 0.0600. The molecule has 0 atom stereocenters. The Morgan fingerprint density at radius 2 is 1.89 bits per heavy atom. The number of aromatic amines is 2. The summed E-state index contributed by atoms with van der Waals surface area (Å²) in [7, 11) is 1.36. The molecule has 0 saturated carbocycles. The lowest BCUT2D eigenvalue weighted by atomic mass is 10.1. The number of aryl methyl sites for hydroxylation is 2. The van der Waals surface area contributed by atoms with Crippen molar-refractivity contribution in [3.8, 4) is 0 Å². The summed E-state index contributed by atoms with van der Waals surface area (Å²) in [5.74, 6) is -0.337. The van der Waals surface area contributed by atoms with Crippen LogP contribution in [0.2, 0.25) is 0 Å². The van der Waals surface area contributed by atoms with Crippen molar-refractivity contribution in [2.45, 2.75) is 12.8 Å². The highest BCUT2D eigenvalue weighted by Crippen LogP contribution is 2.08. The average molecular weight is 246 g/mol. The first-order chi connectivity index (χ1) is 8.69. The molecule has 0 saturated heterocycles. The Kier molecular flexibility index (Phi) is 3.62. The summed E-state index contributed by atoms with van der Waals surface area (Å²) in [6.07, 6.45) is 1.55. The third kappa shape index (κ3) is 2.88. The number of nitrogens with one attached hydrogen (secondary N) is 2. The minimum Gasteiger partial charge on any atom is -0.465 e. The molecule has 2 N–H and O–H groups in total. The normalized spacial score (nSPS) is 10.3. The number of ether oxygens (including phenoxy) is 1. The van der Waals surface area contributed by atoms with Gasteiger partial charge in [-0.25, -0.2) is 4.79 Å². The average Bonchev–Trinajstić information content (AvgIpc) is 2.82. The summed E-state index contributed by atoms with van der Waals surface area (Å²) in [4.78, 5) is 22.2. The number of rotatable bonds is 4. The Morgan fingerprint density at radius 3 is 2.44 bits per heavy atom. The zero-order chi connectivity index (χ0) is 13.0. The fourth-order valence-electron chi connectivity index (χ4n) is 1.71. The lowest BCUT2D eigenvalue weighted by Gasteiger charge is -2.02. The van der Waals surface area contributed by atoms with Gasteiger partial charge in [-0.1, -0.05) is 12.1 Å². The van der Waals surface area contributed by atoms with Gasteiger partial charge in [-0.15, -0.1) is 0 Å². The molecule has 1 aromatic carbocycles. The Bertz CT molecular complexity index is 581.